The van der Waals surface area contributed by atoms with Crippen molar-refractivity contribution in [3.05, 3.63) is 18.0 Å². The average molecular weight is 305 g/mol. The van der Waals surface area contributed by atoms with E-state index < -0.39 is 10.0 Å². The Balaban J connectivity index is 2.30. The van der Waals surface area contributed by atoms with E-state index >= 15 is 0 Å². The summed E-state index contributed by atoms with van der Waals surface area (Å²) in [5.41, 5.74) is 0.818. The number of rotatable bonds is 3. The molecule has 4 nitrogen and oxygen atoms in total. The molecular formula is C13H21ClN2O2S. The van der Waals surface area contributed by atoms with Gasteiger partial charge in [-0.1, -0.05) is 13.8 Å². The average Bonchev–Trinajstić information content (AvgIpc) is 2.70. The number of sulfonamides is 1. The molecule has 19 heavy (non-hydrogen) atoms. The van der Waals surface area contributed by atoms with Gasteiger partial charge < -0.3 is 4.57 Å². The van der Waals surface area contributed by atoms with E-state index in [-0.39, 0.29) is 0 Å². The molecule has 0 aliphatic carbocycles. The zero-order valence-electron chi connectivity index (χ0n) is 11.6. The third-order valence-corrected chi connectivity index (χ3v) is 5.76. The Morgan fingerprint density at radius 1 is 1.32 bits per heavy atom. The van der Waals surface area contributed by atoms with Gasteiger partial charge in [0.2, 0.25) is 10.0 Å². The molecule has 0 amide bonds. The predicted molar refractivity (Wildman–Crippen MR) is 76.7 cm³/mol. The third-order valence-electron chi connectivity index (χ3n) is 3.69. The molecule has 0 N–H and O–H groups in total. The molecule has 2 unspecified atom stereocenters. The fraction of sp³-hybridized carbons (Fsp3) is 0.692. The van der Waals surface area contributed by atoms with Gasteiger partial charge >= 0.3 is 0 Å². The highest BCUT2D eigenvalue weighted by atomic mass is 35.5. The zero-order chi connectivity index (χ0) is 14.2. The Bertz CT molecular complexity index is 543. The number of aryl methyl sites for hydroxylation is 1. The van der Waals surface area contributed by atoms with Gasteiger partial charge in [-0.15, -0.1) is 11.6 Å². The molecule has 0 bridgehead atoms. The minimum atomic E-state index is -3.39. The summed E-state index contributed by atoms with van der Waals surface area (Å²) in [5, 5.41) is 0. The molecule has 2 heterocycles. The molecule has 1 aliphatic heterocycles. The number of hydrogen-bond donors (Lipinski definition) is 0. The molecule has 0 spiro atoms. The van der Waals surface area contributed by atoms with Gasteiger partial charge in [-0.2, -0.15) is 4.31 Å². The molecule has 1 aromatic heterocycles. The van der Waals surface area contributed by atoms with Crippen molar-refractivity contribution >= 4 is 21.6 Å². The molecule has 108 valence electrons. The second-order valence-electron chi connectivity index (χ2n) is 5.68. The summed E-state index contributed by atoms with van der Waals surface area (Å²) in [6, 6.07) is 1.67. The number of halogens is 1. The van der Waals surface area contributed by atoms with Crippen molar-refractivity contribution in [3.63, 3.8) is 0 Å². The van der Waals surface area contributed by atoms with E-state index in [1.165, 1.54) is 0 Å². The van der Waals surface area contributed by atoms with Crippen LogP contribution >= 0.6 is 11.6 Å². The molecule has 0 saturated carbocycles. The Morgan fingerprint density at radius 2 is 1.89 bits per heavy atom. The minimum absolute atomic E-state index is 0.318. The first-order chi connectivity index (χ1) is 8.84. The van der Waals surface area contributed by atoms with Crippen molar-refractivity contribution in [2.24, 2.45) is 18.9 Å². The first kappa shape index (κ1) is 14.9. The lowest BCUT2D eigenvalue weighted by Gasteiger charge is -2.33. The van der Waals surface area contributed by atoms with Gasteiger partial charge in [0.15, 0.2) is 0 Å². The molecule has 0 aromatic carbocycles. The van der Waals surface area contributed by atoms with Gasteiger partial charge in [-0.3, -0.25) is 0 Å². The summed E-state index contributed by atoms with van der Waals surface area (Å²) in [6.45, 7) is 5.43. The summed E-state index contributed by atoms with van der Waals surface area (Å²) in [4.78, 5) is 0.354. The lowest BCUT2D eigenvalue weighted by Crippen LogP contribution is -2.42. The summed E-state index contributed by atoms with van der Waals surface area (Å²) < 4.78 is 28.6. The Hall–Kier alpha value is -0.520. The highest BCUT2D eigenvalue weighted by molar-refractivity contribution is 7.89. The molecule has 6 heteroatoms. The first-order valence-electron chi connectivity index (χ1n) is 6.56. The van der Waals surface area contributed by atoms with Crippen molar-refractivity contribution in [1.82, 2.24) is 8.87 Å². The Kier molecular flexibility index (Phi) is 4.28. The van der Waals surface area contributed by atoms with Crippen LogP contribution in [-0.4, -0.2) is 30.4 Å². The molecule has 1 aliphatic rings. The largest absolute Gasteiger partial charge is 0.352 e. The van der Waals surface area contributed by atoms with Crippen molar-refractivity contribution in [3.8, 4) is 0 Å². The van der Waals surface area contributed by atoms with Crippen LogP contribution in [0.1, 0.15) is 26.0 Å². The molecule has 1 aromatic rings. The zero-order valence-corrected chi connectivity index (χ0v) is 13.2. The topological polar surface area (TPSA) is 42.3 Å². The Labute approximate surface area is 120 Å². The standard InChI is InChI=1S/C13H21ClN2O2S/c1-10-4-11(2)8-16(7-10)19(17,18)13-5-12(6-14)15(3)9-13/h5,9-11H,4,6-8H2,1-3H3. The molecule has 1 saturated heterocycles. The van der Waals surface area contributed by atoms with E-state index in [2.05, 4.69) is 13.8 Å². The summed E-state index contributed by atoms with van der Waals surface area (Å²) in [7, 11) is -1.57. The fourth-order valence-electron chi connectivity index (χ4n) is 2.80. The second-order valence-corrected chi connectivity index (χ2v) is 7.88. The predicted octanol–water partition coefficient (Wildman–Crippen LogP) is 2.43. The molecule has 2 atom stereocenters. The van der Waals surface area contributed by atoms with Gasteiger partial charge in [0, 0.05) is 32.0 Å². The van der Waals surface area contributed by atoms with E-state index in [9.17, 15) is 8.42 Å². The second kappa shape index (κ2) is 5.46. The maximum atomic E-state index is 12.6. The van der Waals surface area contributed by atoms with E-state index in [0.29, 0.717) is 35.7 Å². The van der Waals surface area contributed by atoms with Crippen LogP contribution in [0.15, 0.2) is 17.2 Å². The van der Waals surface area contributed by atoms with Crippen molar-refractivity contribution in [2.45, 2.75) is 31.0 Å². The van der Waals surface area contributed by atoms with E-state index in [1.54, 1.807) is 21.1 Å². The Morgan fingerprint density at radius 3 is 2.37 bits per heavy atom. The fourth-order valence-corrected chi connectivity index (χ4v) is 4.84. The number of hydrogen-bond acceptors (Lipinski definition) is 2. The number of piperidine rings is 1. The quantitative estimate of drug-likeness (QED) is 0.805. The molecule has 1 fully saturated rings. The van der Waals surface area contributed by atoms with E-state index in [0.717, 1.165) is 12.1 Å². The van der Waals surface area contributed by atoms with Crippen molar-refractivity contribution in [1.29, 1.82) is 0 Å². The van der Waals surface area contributed by atoms with E-state index in [4.69, 9.17) is 11.6 Å². The highest BCUT2D eigenvalue weighted by Crippen LogP contribution is 2.27. The van der Waals surface area contributed by atoms with Crippen LogP contribution in [0.4, 0.5) is 0 Å². The summed E-state index contributed by atoms with van der Waals surface area (Å²) in [6.07, 6.45) is 2.74. The third kappa shape index (κ3) is 2.98. The van der Waals surface area contributed by atoms with Crippen molar-refractivity contribution in [2.75, 3.05) is 13.1 Å². The lowest BCUT2D eigenvalue weighted by atomic mass is 9.94. The summed E-state index contributed by atoms with van der Waals surface area (Å²) >= 11 is 5.80. The molecule has 2 rings (SSSR count). The first-order valence-corrected chi connectivity index (χ1v) is 8.53. The monoisotopic (exact) mass is 304 g/mol. The van der Waals surface area contributed by atoms with Crippen LogP contribution in [0.2, 0.25) is 0 Å². The van der Waals surface area contributed by atoms with Gasteiger partial charge in [0.05, 0.1) is 5.88 Å². The van der Waals surface area contributed by atoms with Gasteiger partial charge in [-0.25, -0.2) is 8.42 Å². The normalized spacial score (nSPS) is 25.7. The maximum absolute atomic E-state index is 12.6. The minimum Gasteiger partial charge on any atom is -0.352 e. The maximum Gasteiger partial charge on any atom is 0.244 e. The van der Waals surface area contributed by atoms with Crippen LogP contribution in [0.25, 0.3) is 0 Å². The van der Waals surface area contributed by atoms with Crippen LogP contribution < -0.4 is 0 Å². The summed E-state index contributed by atoms with van der Waals surface area (Å²) in [5.74, 6) is 1.14. The number of alkyl halides is 1. The smallest absolute Gasteiger partial charge is 0.244 e. The van der Waals surface area contributed by atoms with E-state index in [1.807, 2.05) is 7.05 Å². The molecular weight excluding hydrogens is 284 g/mol. The van der Waals surface area contributed by atoms with Crippen LogP contribution in [0, 0.1) is 11.8 Å². The van der Waals surface area contributed by atoms with Crippen LogP contribution in [0.3, 0.4) is 0 Å². The van der Waals surface area contributed by atoms with Gasteiger partial charge in [-0.05, 0) is 24.3 Å². The lowest BCUT2D eigenvalue weighted by molar-refractivity contribution is 0.222. The van der Waals surface area contributed by atoms with Crippen molar-refractivity contribution < 1.29 is 8.42 Å². The molecule has 0 radical (unpaired) electrons. The van der Waals surface area contributed by atoms with Gasteiger partial charge in [0.25, 0.3) is 0 Å². The number of nitrogens with zero attached hydrogens (tertiary/aromatic N) is 2. The van der Waals surface area contributed by atoms with Crippen LogP contribution in [-0.2, 0) is 23.0 Å². The number of aromatic nitrogens is 1. The highest BCUT2D eigenvalue weighted by Gasteiger charge is 2.32. The van der Waals surface area contributed by atoms with Gasteiger partial charge in [0.1, 0.15) is 4.90 Å². The SMILES string of the molecule is CC1CC(C)CN(S(=O)(=O)c2cc(CCl)n(C)c2)C1. The van der Waals surface area contributed by atoms with Crippen LogP contribution in [0.5, 0.6) is 0 Å².